The molecule has 2 amide bonds. The predicted octanol–water partition coefficient (Wildman–Crippen LogP) is 5.97. The molecule has 1 N–H and O–H groups in total. The number of hydrazone groups is 1. The Morgan fingerprint density at radius 3 is 2.67 bits per heavy atom. The zero-order valence-corrected chi connectivity index (χ0v) is 20.9. The lowest BCUT2D eigenvalue weighted by Gasteiger charge is -2.23. The Morgan fingerprint density at radius 2 is 1.92 bits per heavy atom. The minimum atomic E-state index is -0.717. The summed E-state index contributed by atoms with van der Waals surface area (Å²) in [5, 5.41) is 9.43. The van der Waals surface area contributed by atoms with Crippen LogP contribution < -0.4 is 5.32 Å². The van der Waals surface area contributed by atoms with Crippen molar-refractivity contribution in [3.8, 4) is 0 Å². The van der Waals surface area contributed by atoms with E-state index in [1.807, 2.05) is 55.5 Å². The number of nitrogens with zero attached hydrogens (tertiary/aromatic N) is 3. The summed E-state index contributed by atoms with van der Waals surface area (Å²) in [5.74, 6) is -1.41. The van der Waals surface area contributed by atoms with E-state index in [0.29, 0.717) is 16.6 Å². The molecule has 6 nitrogen and oxygen atoms in total. The maximum absolute atomic E-state index is 13.9. The van der Waals surface area contributed by atoms with Gasteiger partial charge in [-0.05, 0) is 42.3 Å². The highest BCUT2D eigenvalue weighted by atomic mass is 35.5. The molecule has 5 rings (SSSR count). The van der Waals surface area contributed by atoms with E-state index in [0.717, 1.165) is 22.4 Å². The van der Waals surface area contributed by atoms with Crippen LogP contribution in [0.3, 0.4) is 0 Å². The normalized spacial score (nSPS) is 19.3. The van der Waals surface area contributed by atoms with Gasteiger partial charge in [0.15, 0.2) is 5.17 Å². The molecule has 2 heterocycles. The van der Waals surface area contributed by atoms with Crippen LogP contribution in [0, 0.1) is 12.7 Å². The van der Waals surface area contributed by atoms with Crippen molar-refractivity contribution in [3.05, 3.63) is 100 Å². The van der Waals surface area contributed by atoms with Gasteiger partial charge in [-0.25, -0.2) is 9.40 Å². The molecule has 182 valence electrons. The first-order chi connectivity index (χ1) is 17.4. The van der Waals surface area contributed by atoms with E-state index >= 15 is 0 Å². The van der Waals surface area contributed by atoms with Crippen molar-refractivity contribution in [1.82, 2.24) is 5.01 Å². The average molecular weight is 521 g/mol. The lowest BCUT2D eigenvalue weighted by molar-refractivity contribution is -0.121. The molecule has 2 aliphatic heterocycles. The summed E-state index contributed by atoms with van der Waals surface area (Å²) in [5.41, 5.74) is 4.04. The summed E-state index contributed by atoms with van der Waals surface area (Å²) in [6.07, 6.45) is 0.477. The summed E-state index contributed by atoms with van der Waals surface area (Å²) >= 11 is 7.46. The highest BCUT2D eigenvalue weighted by molar-refractivity contribution is 8.15. The van der Waals surface area contributed by atoms with E-state index < -0.39 is 22.9 Å². The third kappa shape index (κ3) is 5.20. The summed E-state index contributed by atoms with van der Waals surface area (Å²) in [6.45, 7) is 2.03. The van der Waals surface area contributed by atoms with Crippen LogP contribution in [0.2, 0.25) is 5.02 Å². The van der Waals surface area contributed by atoms with E-state index in [-0.39, 0.29) is 18.2 Å². The van der Waals surface area contributed by atoms with Gasteiger partial charge in [-0.2, -0.15) is 10.1 Å². The first-order valence-corrected chi connectivity index (χ1v) is 12.7. The summed E-state index contributed by atoms with van der Waals surface area (Å²) in [6, 6.07) is 21.4. The minimum Gasteiger partial charge on any atom is -0.324 e. The number of carbonyl (C=O) groups is 2. The van der Waals surface area contributed by atoms with Gasteiger partial charge in [0, 0.05) is 17.9 Å². The van der Waals surface area contributed by atoms with E-state index in [1.54, 1.807) is 17.1 Å². The lowest BCUT2D eigenvalue weighted by atomic mass is 9.98. The quantitative estimate of drug-likeness (QED) is 0.450. The molecule has 2 aliphatic rings. The number of aryl methyl sites for hydroxylation is 1. The Balaban J connectivity index is 1.36. The largest absolute Gasteiger partial charge is 0.324 e. The molecule has 0 bridgehead atoms. The SMILES string of the molecule is Cc1ccc(C2=NN(C3=NC(=O)[C@H](CC(=O)Nc4ccccc4F)S3)[C@H](c3cccc(Cl)c3)C2)cc1. The number of amides is 2. The fourth-order valence-electron chi connectivity index (χ4n) is 4.12. The molecule has 0 saturated carbocycles. The van der Waals surface area contributed by atoms with Crippen LogP contribution in [0.4, 0.5) is 10.1 Å². The number of amidine groups is 1. The molecule has 0 unspecified atom stereocenters. The second kappa shape index (κ2) is 10.2. The second-order valence-electron chi connectivity index (χ2n) is 8.60. The van der Waals surface area contributed by atoms with Gasteiger partial charge >= 0.3 is 0 Å². The van der Waals surface area contributed by atoms with E-state index in [9.17, 15) is 14.0 Å². The highest BCUT2D eigenvalue weighted by Crippen LogP contribution is 2.39. The maximum atomic E-state index is 13.9. The molecule has 0 saturated heterocycles. The molecular formula is C27H22ClFN4O2S. The Kier molecular flexibility index (Phi) is 6.89. The molecule has 3 aromatic carbocycles. The summed E-state index contributed by atoms with van der Waals surface area (Å²) in [4.78, 5) is 29.5. The average Bonchev–Trinajstić information content (AvgIpc) is 3.45. The van der Waals surface area contributed by atoms with Gasteiger partial charge in [0.1, 0.15) is 11.1 Å². The zero-order valence-electron chi connectivity index (χ0n) is 19.3. The fraction of sp³-hybridized carbons (Fsp3) is 0.185. The number of halogens is 2. The number of thioether (sulfide) groups is 1. The van der Waals surface area contributed by atoms with Gasteiger partial charge in [0.2, 0.25) is 5.91 Å². The second-order valence-corrected chi connectivity index (χ2v) is 10.2. The molecule has 0 radical (unpaired) electrons. The van der Waals surface area contributed by atoms with Crippen molar-refractivity contribution in [2.45, 2.75) is 31.1 Å². The van der Waals surface area contributed by atoms with Crippen molar-refractivity contribution in [3.63, 3.8) is 0 Å². The molecule has 2 atom stereocenters. The van der Waals surface area contributed by atoms with Crippen LogP contribution in [-0.4, -0.2) is 33.0 Å². The van der Waals surface area contributed by atoms with Crippen molar-refractivity contribution in [2.75, 3.05) is 5.32 Å². The molecule has 0 aliphatic carbocycles. The molecule has 0 fully saturated rings. The van der Waals surface area contributed by atoms with Crippen molar-refractivity contribution < 1.29 is 14.0 Å². The Labute approximate surface area is 217 Å². The highest BCUT2D eigenvalue weighted by Gasteiger charge is 2.39. The first kappa shape index (κ1) is 24.2. The number of carbonyl (C=O) groups excluding carboxylic acids is 2. The van der Waals surface area contributed by atoms with Crippen LogP contribution in [0.15, 0.2) is 82.9 Å². The monoisotopic (exact) mass is 520 g/mol. The molecule has 9 heteroatoms. The first-order valence-electron chi connectivity index (χ1n) is 11.4. The van der Waals surface area contributed by atoms with Crippen molar-refractivity contribution in [1.29, 1.82) is 0 Å². The van der Waals surface area contributed by atoms with Gasteiger partial charge in [-0.15, -0.1) is 0 Å². The molecule has 3 aromatic rings. The Hall–Kier alpha value is -3.49. The van der Waals surface area contributed by atoms with Gasteiger partial charge in [0.25, 0.3) is 5.91 Å². The number of hydrogen-bond donors (Lipinski definition) is 1. The number of para-hydroxylation sites is 1. The molecular weight excluding hydrogens is 499 g/mol. The number of aliphatic imine (C=N–C) groups is 1. The van der Waals surface area contributed by atoms with Crippen LogP contribution in [-0.2, 0) is 9.59 Å². The standard InChI is InChI=1S/C27H22ClFN4O2S/c1-16-9-11-17(12-10-16)22-14-23(18-5-4-6-19(28)13-18)33(32-22)27-31-26(35)24(36-27)15-25(34)30-21-8-3-2-7-20(21)29/h2-13,23-24H,14-15H2,1H3,(H,30,34)/t23-,24-/m0/s1. The number of rotatable bonds is 5. The van der Waals surface area contributed by atoms with Crippen molar-refractivity contribution in [2.24, 2.45) is 10.1 Å². The summed E-state index contributed by atoms with van der Waals surface area (Å²) < 4.78 is 13.9. The molecule has 36 heavy (non-hydrogen) atoms. The predicted molar refractivity (Wildman–Crippen MR) is 142 cm³/mol. The smallest absolute Gasteiger partial charge is 0.262 e. The van der Waals surface area contributed by atoms with Crippen LogP contribution in [0.25, 0.3) is 0 Å². The fourth-order valence-corrected chi connectivity index (χ4v) is 5.38. The topological polar surface area (TPSA) is 74.1 Å². The van der Waals surface area contributed by atoms with Crippen molar-refractivity contribution >= 4 is 51.7 Å². The van der Waals surface area contributed by atoms with Crippen LogP contribution >= 0.6 is 23.4 Å². The third-order valence-electron chi connectivity index (χ3n) is 5.97. The molecule has 0 spiro atoms. The minimum absolute atomic E-state index is 0.0759. The zero-order chi connectivity index (χ0) is 25.2. The van der Waals surface area contributed by atoms with Crippen LogP contribution in [0.5, 0.6) is 0 Å². The Bertz CT molecular complexity index is 1390. The van der Waals surface area contributed by atoms with E-state index in [2.05, 4.69) is 10.3 Å². The Morgan fingerprint density at radius 1 is 1.14 bits per heavy atom. The van der Waals surface area contributed by atoms with Gasteiger partial charge in [-0.3, -0.25) is 9.59 Å². The number of nitrogens with one attached hydrogen (secondary N) is 1. The third-order valence-corrected chi connectivity index (χ3v) is 7.35. The van der Waals surface area contributed by atoms with Gasteiger partial charge in [0.05, 0.1) is 17.4 Å². The molecule has 0 aromatic heterocycles. The number of benzene rings is 3. The number of hydrogen-bond acceptors (Lipinski definition) is 5. The van der Waals surface area contributed by atoms with Crippen LogP contribution in [0.1, 0.15) is 35.6 Å². The van der Waals surface area contributed by atoms with Gasteiger partial charge in [-0.1, -0.05) is 77.5 Å². The van der Waals surface area contributed by atoms with E-state index in [1.165, 1.54) is 23.9 Å². The lowest BCUT2D eigenvalue weighted by Crippen LogP contribution is -2.25. The van der Waals surface area contributed by atoms with Gasteiger partial charge < -0.3 is 5.32 Å². The van der Waals surface area contributed by atoms with E-state index in [4.69, 9.17) is 16.7 Å². The summed E-state index contributed by atoms with van der Waals surface area (Å²) in [7, 11) is 0. The maximum Gasteiger partial charge on any atom is 0.262 e. The number of anilines is 1.